The molecule has 0 unspecified atom stereocenters. The van der Waals surface area contributed by atoms with Crippen molar-refractivity contribution in [2.45, 2.75) is 49.3 Å². The average molecular weight is 512 g/mol. The lowest BCUT2D eigenvalue weighted by Crippen LogP contribution is -2.29. The Kier molecular flexibility index (Phi) is 6.92. The van der Waals surface area contributed by atoms with E-state index in [0.717, 1.165) is 5.56 Å². The van der Waals surface area contributed by atoms with E-state index in [1.807, 2.05) is 12.1 Å². The molecule has 0 saturated heterocycles. The van der Waals surface area contributed by atoms with E-state index in [4.69, 9.17) is 20.4 Å². The Morgan fingerprint density at radius 1 is 0.914 bits per heavy atom. The van der Waals surface area contributed by atoms with E-state index in [1.54, 1.807) is 23.3 Å². The summed E-state index contributed by atoms with van der Waals surface area (Å²) in [6.07, 6.45) is 1.54. The first-order valence-electron chi connectivity index (χ1n) is 11.1. The lowest BCUT2D eigenvalue weighted by molar-refractivity contribution is 0.0679. The van der Waals surface area contributed by atoms with Crippen molar-refractivity contribution in [1.29, 1.82) is 0 Å². The van der Waals surface area contributed by atoms with E-state index in [2.05, 4.69) is 32.9 Å². The first-order valence-corrected chi connectivity index (χ1v) is 12.9. The van der Waals surface area contributed by atoms with Crippen molar-refractivity contribution in [2.24, 2.45) is 0 Å². The summed E-state index contributed by atoms with van der Waals surface area (Å²) in [5.74, 6) is 0.0829. The molecule has 0 saturated carbocycles. The van der Waals surface area contributed by atoms with Gasteiger partial charge in [0.05, 0.1) is 17.7 Å². The van der Waals surface area contributed by atoms with Crippen molar-refractivity contribution in [3.8, 4) is 0 Å². The van der Waals surface area contributed by atoms with Gasteiger partial charge in [0.1, 0.15) is 5.76 Å². The van der Waals surface area contributed by atoms with Gasteiger partial charge in [0.25, 0.3) is 5.91 Å². The van der Waals surface area contributed by atoms with Gasteiger partial charge in [-0.2, -0.15) is 0 Å². The Morgan fingerprint density at radius 3 is 2.20 bits per heavy atom. The normalized spacial score (nSPS) is 12.0. The molecule has 2 aromatic heterocycles. The van der Waals surface area contributed by atoms with Crippen LogP contribution in [0, 0.1) is 0 Å². The van der Waals surface area contributed by atoms with Crippen LogP contribution in [0.5, 0.6) is 0 Å². The number of rotatable bonds is 7. The number of carbonyl (C=O) groups is 1. The van der Waals surface area contributed by atoms with E-state index in [0.29, 0.717) is 17.3 Å². The number of hydrogen-bond acceptors (Lipinski definition) is 5. The molecule has 2 heterocycles. The van der Waals surface area contributed by atoms with Crippen molar-refractivity contribution < 1.29 is 22.0 Å². The molecule has 35 heavy (non-hydrogen) atoms. The third-order valence-corrected chi connectivity index (χ3v) is 7.48. The van der Waals surface area contributed by atoms with Gasteiger partial charge in [0, 0.05) is 11.6 Å². The molecule has 0 fully saturated rings. The molecular weight excluding hydrogens is 486 g/mol. The largest absolute Gasteiger partial charge is 0.467 e. The van der Waals surface area contributed by atoms with Crippen molar-refractivity contribution in [3.05, 3.63) is 107 Å². The second-order valence-electron chi connectivity index (χ2n) is 9.26. The second-order valence-corrected chi connectivity index (χ2v) is 11.6. The molecule has 0 aliphatic heterocycles. The zero-order valence-corrected chi connectivity index (χ0v) is 21.3. The first-order chi connectivity index (χ1) is 16.5. The highest BCUT2D eigenvalue weighted by molar-refractivity contribution is 7.91. The lowest BCUT2D eigenvalue weighted by atomic mass is 9.87. The molecule has 2 aromatic carbocycles. The van der Waals surface area contributed by atoms with E-state index < -0.39 is 15.7 Å². The van der Waals surface area contributed by atoms with Crippen LogP contribution >= 0.6 is 11.6 Å². The predicted octanol–water partition coefficient (Wildman–Crippen LogP) is 6.50. The lowest BCUT2D eigenvalue weighted by Gasteiger charge is -2.22. The molecule has 4 aromatic rings. The van der Waals surface area contributed by atoms with Gasteiger partial charge in [-0.05, 0) is 65.1 Å². The van der Waals surface area contributed by atoms with Crippen molar-refractivity contribution in [1.82, 2.24) is 4.90 Å². The molecule has 8 heteroatoms. The van der Waals surface area contributed by atoms with Crippen LogP contribution in [0.25, 0.3) is 0 Å². The molecule has 0 spiro atoms. The van der Waals surface area contributed by atoms with Gasteiger partial charge in [-0.1, -0.05) is 56.6 Å². The molecule has 6 nitrogen and oxygen atoms in total. The quantitative estimate of drug-likeness (QED) is 0.283. The Bertz CT molecular complexity index is 1400. The highest BCUT2D eigenvalue weighted by Crippen LogP contribution is 2.26. The molecular formula is C27H26ClNO5S. The summed E-state index contributed by atoms with van der Waals surface area (Å²) in [5.41, 5.74) is 2.13. The number of nitrogens with zero attached hydrogens (tertiary/aromatic N) is 1. The molecule has 0 bridgehead atoms. The molecule has 1 amide bonds. The zero-order chi connectivity index (χ0) is 25.2. The summed E-state index contributed by atoms with van der Waals surface area (Å²) < 4.78 is 36.9. The highest BCUT2D eigenvalue weighted by atomic mass is 35.5. The van der Waals surface area contributed by atoms with Gasteiger partial charge in [0.15, 0.2) is 5.76 Å². The van der Waals surface area contributed by atoms with Gasteiger partial charge in [-0.25, -0.2) is 8.42 Å². The minimum Gasteiger partial charge on any atom is -0.467 e. The van der Waals surface area contributed by atoms with Gasteiger partial charge in [-0.3, -0.25) is 4.79 Å². The molecule has 4 rings (SSSR count). The van der Waals surface area contributed by atoms with E-state index in [9.17, 15) is 13.2 Å². The molecule has 0 aliphatic carbocycles. The van der Waals surface area contributed by atoms with Crippen LogP contribution in [0.4, 0.5) is 0 Å². The second kappa shape index (κ2) is 9.76. The molecule has 0 N–H and O–H groups in total. The van der Waals surface area contributed by atoms with Crippen molar-refractivity contribution >= 4 is 27.3 Å². The summed E-state index contributed by atoms with van der Waals surface area (Å²) in [4.78, 5) is 15.0. The van der Waals surface area contributed by atoms with Crippen LogP contribution < -0.4 is 0 Å². The Labute approximate surface area is 210 Å². The number of carbonyl (C=O) groups excluding carboxylic acids is 1. The maximum absolute atomic E-state index is 13.4. The van der Waals surface area contributed by atoms with Crippen LogP contribution in [-0.2, 0) is 28.3 Å². The van der Waals surface area contributed by atoms with Gasteiger partial charge in [0.2, 0.25) is 14.9 Å². The minimum absolute atomic E-state index is 0.0162. The third kappa shape index (κ3) is 5.69. The number of furan rings is 2. The molecule has 0 radical (unpaired) electrons. The maximum atomic E-state index is 13.4. The summed E-state index contributed by atoms with van der Waals surface area (Å²) in [6, 6.07) is 20.0. The van der Waals surface area contributed by atoms with Crippen LogP contribution in [0.2, 0.25) is 5.02 Å². The summed E-state index contributed by atoms with van der Waals surface area (Å²) in [5, 5.41) is 0.110. The van der Waals surface area contributed by atoms with E-state index in [1.165, 1.54) is 42.0 Å². The zero-order valence-electron chi connectivity index (χ0n) is 19.7. The van der Waals surface area contributed by atoms with Gasteiger partial charge in [-0.15, -0.1) is 0 Å². The maximum Gasteiger partial charge on any atom is 0.290 e. The number of benzene rings is 2. The number of hydrogen-bond donors (Lipinski definition) is 0. The number of halogens is 1. The average Bonchev–Trinajstić information content (AvgIpc) is 3.51. The Morgan fingerprint density at radius 2 is 1.60 bits per heavy atom. The summed E-state index contributed by atoms with van der Waals surface area (Å²) in [6.45, 7) is 6.92. The van der Waals surface area contributed by atoms with Crippen LogP contribution in [-0.4, -0.2) is 19.2 Å². The summed E-state index contributed by atoms with van der Waals surface area (Å²) in [7, 11) is -3.94. The fourth-order valence-electron chi connectivity index (χ4n) is 3.59. The molecule has 182 valence electrons. The van der Waals surface area contributed by atoms with Crippen LogP contribution in [0.1, 0.15) is 48.2 Å². The highest BCUT2D eigenvalue weighted by Gasteiger charge is 2.26. The third-order valence-electron chi connectivity index (χ3n) is 5.59. The smallest absolute Gasteiger partial charge is 0.290 e. The van der Waals surface area contributed by atoms with Crippen LogP contribution in [0.3, 0.4) is 0 Å². The Balaban J connectivity index is 1.60. The van der Waals surface area contributed by atoms with Crippen molar-refractivity contribution in [3.63, 3.8) is 0 Å². The monoisotopic (exact) mass is 511 g/mol. The minimum atomic E-state index is -3.94. The van der Waals surface area contributed by atoms with E-state index >= 15 is 0 Å². The number of amides is 1. The fourth-order valence-corrected chi connectivity index (χ4v) is 4.89. The fraction of sp³-hybridized carbons (Fsp3) is 0.222. The standard InChI is InChI=1S/C27H26ClNO5S/c1-27(2,3)20-8-6-19(7-9-20)17-29(18-22-5-4-16-33-22)26(30)24-14-15-25(34-24)35(31,32)23-12-10-21(28)11-13-23/h4-16H,17-18H2,1-3H3. The van der Waals surface area contributed by atoms with Gasteiger partial charge >= 0.3 is 0 Å². The first kappa shape index (κ1) is 24.8. The Hall–Kier alpha value is -3.29. The topological polar surface area (TPSA) is 80.7 Å². The van der Waals surface area contributed by atoms with E-state index in [-0.39, 0.29) is 27.7 Å². The molecule has 0 atom stereocenters. The van der Waals surface area contributed by atoms with Gasteiger partial charge < -0.3 is 13.7 Å². The molecule has 0 aliphatic rings. The number of sulfone groups is 1. The van der Waals surface area contributed by atoms with Crippen molar-refractivity contribution in [2.75, 3.05) is 0 Å². The predicted molar refractivity (Wildman–Crippen MR) is 133 cm³/mol. The SMILES string of the molecule is CC(C)(C)c1ccc(CN(Cc2ccco2)C(=O)c2ccc(S(=O)(=O)c3ccc(Cl)cc3)o2)cc1. The van der Waals surface area contributed by atoms with Crippen LogP contribution in [0.15, 0.2) is 97.9 Å². The summed E-state index contributed by atoms with van der Waals surface area (Å²) >= 11 is 5.87.